The lowest BCUT2D eigenvalue weighted by molar-refractivity contribution is 0.0932. The molecule has 1 amide bonds. The van der Waals surface area contributed by atoms with Crippen LogP contribution < -0.4 is 10.1 Å². The number of pyridine rings is 1. The van der Waals surface area contributed by atoms with Crippen LogP contribution in [-0.4, -0.2) is 23.5 Å². The molecule has 2 heterocycles. The highest BCUT2D eigenvalue weighted by Gasteiger charge is 2.22. The van der Waals surface area contributed by atoms with E-state index in [4.69, 9.17) is 17.0 Å². The van der Waals surface area contributed by atoms with Crippen molar-refractivity contribution >= 4 is 18.1 Å². The molecule has 0 bridgehead atoms. The molecule has 3 rings (SSSR count). The molecule has 2 aromatic rings. The quantitative estimate of drug-likeness (QED) is 0.852. The summed E-state index contributed by atoms with van der Waals surface area (Å²) < 4.78 is 6.22. The van der Waals surface area contributed by atoms with Gasteiger partial charge in [-0.05, 0) is 23.8 Å². The van der Waals surface area contributed by atoms with E-state index in [2.05, 4.69) is 10.3 Å². The summed E-state index contributed by atoms with van der Waals surface area (Å²) in [5, 5.41) is 2.87. The van der Waals surface area contributed by atoms with Gasteiger partial charge in [0, 0.05) is 12.6 Å². The first-order chi connectivity index (χ1) is 9.74. The molecule has 1 aliphatic heterocycles. The fourth-order valence-electron chi connectivity index (χ4n) is 2.27. The number of carbonyl (C=O) groups excluding carboxylic acids is 1. The highest BCUT2D eigenvalue weighted by Crippen LogP contribution is 2.27. The number of ether oxygens (including phenoxy) is 1. The first-order valence-corrected chi connectivity index (χ1v) is 6.85. The van der Waals surface area contributed by atoms with Crippen LogP contribution in [-0.2, 0) is 6.42 Å². The topological polar surface area (TPSA) is 54.1 Å². The minimum absolute atomic E-state index is 0.0161. The Balaban J connectivity index is 1.61. The number of amides is 1. The highest BCUT2D eigenvalue weighted by atomic mass is 32.1. The van der Waals surface area contributed by atoms with Crippen molar-refractivity contribution in [3.05, 3.63) is 58.4 Å². The van der Waals surface area contributed by atoms with Crippen molar-refractivity contribution in [2.45, 2.75) is 12.5 Å². The molecule has 0 aliphatic carbocycles. The first-order valence-electron chi connectivity index (χ1n) is 6.44. The average Bonchev–Trinajstić information content (AvgIpc) is 2.88. The molecular formula is C15H14N2O2S. The van der Waals surface area contributed by atoms with Crippen LogP contribution >= 0.6 is 12.2 Å². The summed E-state index contributed by atoms with van der Waals surface area (Å²) in [6.07, 6.45) is 2.51. The van der Waals surface area contributed by atoms with Crippen LogP contribution in [0.2, 0.25) is 0 Å². The van der Waals surface area contributed by atoms with E-state index in [0.29, 0.717) is 16.7 Å². The average molecular weight is 286 g/mol. The largest absolute Gasteiger partial charge is 0.488 e. The Hall–Kier alpha value is -2.14. The van der Waals surface area contributed by atoms with Crippen LogP contribution in [0.25, 0.3) is 0 Å². The number of para-hydroxylation sites is 1. The number of benzene rings is 1. The van der Waals surface area contributed by atoms with Gasteiger partial charge in [-0.25, -0.2) is 0 Å². The molecule has 0 saturated carbocycles. The summed E-state index contributed by atoms with van der Waals surface area (Å²) in [6.45, 7) is 0.469. The Morgan fingerprint density at radius 3 is 3.00 bits per heavy atom. The summed E-state index contributed by atoms with van der Waals surface area (Å²) in [7, 11) is 0. The standard InChI is InChI=1S/C15H14N2O2S/c18-14(12-5-3-7-16-15(12)20)17-9-11-8-10-4-1-2-6-13(10)19-11/h1-7,11H,8-9H2,(H,16,20)(H,17,18)/t11-/m0/s1. The molecule has 1 aromatic heterocycles. The van der Waals surface area contributed by atoms with E-state index in [1.807, 2.05) is 24.3 Å². The summed E-state index contributed by atoms with van der Waals surface area (Å²) in [6, 6.07) is 11.4. The smallest absolute Gasteiger partial charge is 0.254 e. The third kappa shape index (κ3) is 2.58. The van der Waals surface area contributed by atoms with Gasteiger partial charge in [-0.15, -0.1) is 0 Å². The third-order valence-electron chi connectivity index (χ3n) is 3.27. The van der Waals surface area contributed by atoms with E-state index >= 15 is 0 Å². The first kappa shape index (κ1) is 12.9. The van der Waals surface area contributed by atoms with Crippen molar-refractivity contribution in [3.8, 4) is 5.75 Å². The predicted molar refractivity (Wildman–Crippen MR) is 78.5 cm³/mol. The fourth-order valence-corrected chi connectivity index (χ4v) is 2.50. The number of carbonyl (C=O) groups is 1. The van der Waals surface area contributed by atoms with E-state index < -0.39 is 0 Å². The molecule has 5 heteroatoms. The predicted octanol–water partition coefficient (Wildman–Crippen LogP) is 2.48. The number of rotatable bonds is 3. The monoisotopic (exact) mass is 286 g/mol. The number of aromatic nitrogens is 1. The fraction of sp³-hybridized carbons (Fsp3) is 0.200. The minimum atomic E-state index is -0.175. The van der Waals surface area contributed by atoms with Crippen LogP contribution in [0.1, 0.15) is 15.9 Å². The molecular weight excluding hydrogens is 272 g/mol. The van der Waals surface area contributed by atoms with E-state index in [-0.39, 0.29) is 12.0 Å². The molecule has 0 saturated heterocycles. The maximum Gasteiger partial charge on any atom is 0.254 e. The number of fused-ring (bicyclic) bond motifs is 1. The molecule has 2 N–H and O–H groups in total. The van der Waals surface area contributed by atoms with Gasteiger partial charge in [0.25, 0.3) is 5.91 Å². The molecule has 0 spiro atoms. The molecule has 1 aromatic carbocycles. The number of hydrogen-bond acceptors (Lipinski definition) is 3. The normalized spacial score (nSPS) is 16.3. The van der Waals surface area contributed by atoms with E-state index in [0.717, 1.165) is 12.2 Å². The second kappa shape index (κ2) is 5.46. The molecule has 0 unspecified atom stereocenters. The van der Waals surface area contributed by atoms with Gasteiger partial charge < -0.3 is 15.0 Å². The van der Waals surface area contributed by atoms with Crippen LogP contribution in [0.4, 0.5) is 0 Å². The lowest BCUT2D eigenvalue weighted by atomic mass is 10.1. The van der Waals surface area contributed by atoms with Crippen molar-refractivity contribution in [1.82, 2.24) is 10.3 Å². The zero-order valence-electron chi connectivity index (χ0n) is 10.8. The molecule has 0 radical (unpaired) electrons. The Morgan fingerprint density at radius 1 is 1.35 bits per heavy atom. The maximum absolute atomic E-state index is 12.0. The van der Waals surface area contributed by atoms with Gasteiger partial charge in [0.2, 0.25) is 0 Å². The Bertz CT molecular complexity index is 671. The number of hydrogen-bond donors (Lipinski definition) is 2. The van der Waals surface area contributed by atoms with Gasteiger partial charge in [0.1, 0.15) is 16.5 Å². The molecule has 102 valence electrons. The van der Waals surface area contributed by atoms with Crippen LogP contribution in [0.15, 0.2) is 42.6 Å². The van der Waals surface area contributed by atoms with E-state index in [1.54, 1.807) is 18.3 Å². The number of nitrogens with one attached hydrogen (secondary N) is 2. The van der Waals surface area contributed by atoms with Crippen molar-refractivity contribution in [3.63, 3.8) is 0 Å². The van der Waals surface area contributed by atoms with E-state index in [1.165, 1.54) is 5.56 Å². The van der Waals surface area contributed by atoms with Gasteiger partial charge in [0.15, 0.2) is 0 Å². The molecule has 20 heavy (non-hydrogen) atoms. The minimum Gasteiger partial charge on any atom is -0.488 e. The number of aromatic amines is 1. The third-order valence-corrected chi connectivity index (χ3v) is 3.60. The summed E-state index contributed by atoms with van der Waals surface area (Å²) in [5.74, 6) is 0.732. The van der Waals surface area contributed by atoms with Crippen molar-refractivity contribution in [2.24, 2.45) is 0 Å². The molecule has 1 aliphatic rings. The van der Waals surface area contributed by atoms with Gasteiger partial charge >= 0.3 is 0 Å². The van der Waals surface area contributed by atoms with Gasteiger partial charge in [0.05, 0.1) is 12.1 Å². The second-order valence-corrected chi connectivity index (χ2v) is 5.08. The summed E-state index contributed by atoms with van der Waals surface area (Å²) in [5.41, 5.74) is 1.67. The zero-order chi connectivity index (χ0) is 13.9. The van der Waals surface area contributed by atoms with Crippen molar-refractivity contribution < 1.29 is 9.53 Å². The van der Waals surface area contributed by atoms with Gasteiger partial charge in [-0.2, -0.15) is 0 Å². The molecule has 4 nitrogen and oxygen atoms in total. The summed E-state index contributed by atoms with van der Waals surface area (Å²) in [4.78, 5) is 14.9. The van der Waals surface area contributed by atoms with Crippen LogP contribution in [0, 0.1) is 4.64 Å². The Labute approximate surface area is 121 Å². The molecule has 1 atom stereocenters. The van der Waals surface area contributed by atoms with Gasteiger partial charge in [-0.3, -0.25) is 4.79 Å². The van der Waals surface area contributed by atoms with Crippen LogP contribution in [0.5, 0.6) is 5.75 Å². The SMILES string of the molecule is O=C(NC[C@@H]1Cc2ccccc2O1)c1ccc[nH]c1=S. The number of H-pyrrole nitrogens is 1. The lowest BCUT2D eigenvalue weighted by Gasteiger charge is -2.11. The second-order valence-electron chi connectivity index (χ2n) is 4.67. The zero-order valence-corrected chi connectivity index (χ0v) is 11.6. The maximum atomic E-state index is 12.0. The van der Waals surface area contributed by atoms with Crippen LogP contribution in [0.3, 0.4) is 0 Å². The Morgan fingerprint density at radius 2 is 2.20 bits per heavy atom. The lowest BCUT2D eigenvalue weighted by Crippen LogP contribution is -2.34. The Kier molecular flexibility index (Phi) is 3.52. The summed E-state index contributed by atoms with van der Waals surface area (Å²) >= 11 is 5.09. The van der Waals surface area contributed by atoms with Gasteiger partial charge in [-0.1, -0.05) is 30.4 Å². The van der Waals surface area contributed by atoms with Crippen molar-refractivity contribution in [1.29, 1.82) is 0 Å². The van der Waals surface area contributed by atoms with E-state index in [9.17, 15) is 4.79 Å². The highest BCUT2D eigenvalue weighted by molar-refractivity contribution is 7.71. The molecule has 0 fully saturated rings. The van der Waals surface area contributed by atoms with Crippen molar-refractivity contribution in [2.75, 3.05) is 6.54 Å².